The van der Waals surface area contributed by atoms with Gasteiger partial charge in [0.2, 0.25) is 11.8 Å². The Hall–Kier alpha value is -2.41. The van der Waals surface area contributed by atoms with Gasteiger partial charge in [-0.3, -0.25) is 19.7 Å². The molecule has 0 aromatic heterocycles. The van der Waals surface area contributed by atoms with E-state index in [2.05, 4.69) is 10.6 Å². The highest BCUT2D eigenvalue weighted by atomic mass is 16.5. The third kappa shape index (κ3) is 3.91. The standard InChI is InChI=1S/C17H21N3O4/c21-15-5-4-14(17(23)19-15)12-2-1-3-13(10-12)24-11-16(22)20-8-6-18-7-9-20/h1-3,10,14,18H,4-9,11H2,(H,19,21,23). The Kier molecular flexibility index (Phi) is 5.10. The minimum absolute atomic E-state index is 0.0151. The van der Waals surface area contributed by atoms with Crippen LogP contribution in [0.25, 0.3) is 0 Å². The lowest BCUT2D eigenvalue weighted by atomic mass is 9.90. The van der Waals surface area contributed by atoms with Gasteiger partial charge in [0, 0.05) is 32.6 Å². The molecule has 128 valence electrons. The first-order valence-corrected chi connectivity index (χ1v) is 8.18. The fourth-order valence-corrected chi connectivity index (χ4v) is 2.98. The molecule has 0 aliphatic carbocycles. The quantitative estimate of drug-likeness (QED) is 0.760. The molecule has 7 nitrogen and oxygen atoms in total. The van der Waals surface area contributed by atoms with Crippen molar-refractivity contribution in [1.82, 2.24) is 15.5 Å². The van der Waals surface area contributed by atoms with Crippen molar-refractivity contribution in [2.45, 2.75) is 18.8 Å². The van der Waals surface area contributed by atoms with Gasteiger partial charge in [-0.25, -0.2) is 0 Å². The van der Waals surface area contributed by atoms with Gasteiger partial charge in [-0.05, 0) is 24.1 Å². The molecule has 2 saturated heterocycles. The number of imide groups is 1. The number of piperidine rings is 1. The molecule has 2 fully saturated rings. The minimum Gasteiger partial charge on any atom is -0.484 e. The molecule has 0 spiro atoms. The Morgan fingerprint density at radius 2 is 2.04 bits per heavy atom. The van der Waals surface area contributed by atoms with Crippen molar-refractivity contribution >= 4 is 17.7 Å². The van der Waals surface area contributed by atoms with E-state index in [1.165, 1.54) is 0 Å². The van der Waals surface area contributed by atoms with Crippen LogP contribution < -0.4 is 15.4 Å². The second-order valence-electron chi connectivity index (χ2n) is 6.00. The molecule has 24 heavy (non-hydrogen) atoms. The molecule has 1 atom stereocenters. The van der Waals surface area contributed by atoms with Crippen LogP contribution >= 0.6 is 0 Å². The summed E-state index contributed by atoms with van der Waals surface area (Å²) in [6.07, 6.45) is 0.830. The zero-order valence-corrected chi connectivity index (χ0v) is 13.4. The number of nitrogens with one attached hydrogen (secondary N) is 2. The maximum absolute atomic E-state index is 12.1. The summed E-state index contributed by atoms with van der Waals surface area (Å²) in [5.74, 6) is -0.343. The molecule has 1 unspecified atom stereocenters. The van der Waals surface area contributed by atoms with Crippen LogP contribution in [0.2, 0.25) is 0 Å². The molecule has 0 bridgehead atoms. The number of nitrogens with zero attached hydrogens (tertiary/aromatic N) is 1. The lowest BCUT2D eigenvalue weighted by molar-refractivity contribution is -0.135. The van der Waals surface area contributed by atoms with Crippen LogP contribution in [0.5, 0.6) is 5.75 Å². The second kappa shape index (κ2) is 7.44. The summed E-state index contributed by atoms with van der Waals surface area (Å²) in [7, 11) is 0. The van der Waals surface area contributed by atoms with Crippen molar-refractivity contribution < 1.29 is 19.1 Å². The predicted molar refractivity (Wildman–Crippen MR) is 86.5 cm³/mol. The number of hydrogen-bond acceptors (Lipinski definition) is 5. The third-order valence-electron chi connectivity index (χ3n) is 4.33. The van der Waals surface area contributed by atoms with Crippen LogP contribution in [0.4, 0.5) is 0 Å². The summed E-state index contributed by atoms with van der Waals surface area (Å²) in [5.41, 5.74) is 0.798. The van der Waals surface area contributed by atoms with E-state index in [0.717, 1.165) is 18.7 Å². The van der Waals surface area contributed by atoms with Gasteiger partial charge in [0.1, 0.15) is 5.75 Å². The van der Waals surface area contributed by atoms with Crippen LogP contribution in [0.15, 0.2) is 24.3 Å². The first-order valence-electron chi connectivity index (χ1n) is 8.18. The highest BCUT2D eigenvalue weighted by Gasteiger charge is 2.28. The van der Waals surface area contributed by atoms with Gasteiger partial charge in [0.25, 0.3) is 5.91 Å². The molecule has 2 aliphatic heterocycles. The van der Waals surface area contributed by atoms with E-state index in [1.54, 1.807) is 23.1 Å². The Balaban J connectivity index is 1.60. The van der Waals surface area contributed by atoms with E-state index < -0.39 is 0 Å². The van der Waals surface area contributed by atoms with Gasteiger partial charge in [-0.15, -0.1) is 0 Å². The predicted octanol–water partition coefficient (Wildman–Crippen LogP) is 0.0174. The van der Waals surface area contributed by atoms with Gasteiger partial charge in [-0.1, -0.05) is 12.1 Å². The molecule has 0 saturated carbocycles. The fourth-order valence-electron chi connectivity index (χ4n) is 2.98. The number of piperazine rings is 1. The zero-order valence-electron chi connectivity index (χ0n) is 13.4. The summed E-state index contributed by atoms with van der Waals surface area (Å²) >= 11 is 0. The Labute approximate surface area is 140 Å². The molecule has 2 N–H and O–H groups in total. The van der Waals surface area contributed by atoms with Crippen LogP contribution in [-0.2, 0) is 14.4 Å². The van der Waals surface area contributed by atoms with Gasteiger partial charge in [-0.2, -0.15) is 0 Å². The molecule has 3 amide bonds. The first kappa shape index (κ1) is 16.4. The van der Waals surface area contributed by atoms with E-state index in [4.69, 9.17) is 4.74 Å². The average Bonchev–Trinajstić information content (AvgIpc) is 2.60. The van der Waals surface area contributed by atoms with Crippen molar-refractivity contribution in [1.29, 1.82) is 0 Å². The van der Waals surface area contributed by atoms with Gasteiger partial charge < -0.3 is 15.0 Å². The first-order chi connectivity index (χ1) is 11.6. The number of amides is 3. The van der Waals surface area contributed by atoms with Crippen LogP contribution in [-0.4, -0.2) is 55.4 Å². The SMILES string of the molecule is O=C1CCC(c2cccc(OCC(=O)N3CCNCC3)c2)C(=O)N1. The van der Waals surface area contributed by atoms with E-state index in [9.17, 15) is 14.4 Å². The lowest BCUT2D eigenvalue weighted by Gasteiger charge is -2.27. The van der Waals surface area contributed by atoms with Gasteiger partial charge in [0.05, 0.1) is 5.92 Å². The molecule has 0 radical (unpaired) electrons. The summed E-state index contributed by atoms with van der Waals surface area (Å²) in [5, 5.41) is 5.55. The summed E-state index contributed by atoms with van der Waals surface area (Å²) in [6, 6.07) is 7.17. The molecule has 7 heteroatoms. The highest BCUT2D eigenvalue weighted by molar-refractivity contribution is 6.00. The van der Waals surface area contributed by atoms with Crippen molar-refractivity contribution in [3.63, 3.8) is 0 Å². The lowest BCUT2D eigenvalue weighted by Crippen LogP contribution is -2.47. The molecule has 2 heterocycles. The molecule has 3 rings (SSSR count). The Morgan fingerprint density at radius 1 is 1.25 bits per heavy atom. The van der Waals surface area contributed by atoms with Crippen molar-refractivity contribution in [2.75, 3.05) is 32.8 Å². The second-order valence-corrected chi connectivity index (χ2v) is 6.00. The number of hydrogen-bond donors (Lipinski definition) is 2. The molecule has 1 aromatic rings. The van der Waals surface area contributed by atoms with Crippen molar-refractivity contribution in [2.24, 2.45) is 0 Å². The maximum Gasteiger partial charge on any atom is 0.260 e. The van der Waals surface area contributed by atoms with Crippen LogP contribution in [0.3, 0.4) is 0 Å². The van der Waals surface area contributed by atoms with E-state index in [0.29, 0.717) is 31.7 Å². The van der Waals surface area contributed by atoms with Gasteiger partial charge in [0.15, 0.2) is 6.61 Å². The van der Waals surface area contributed by atoms with Crippen LogP contribution in [0.1, 0.15) is 24.3 Å². The number of ether oxygens (including phenoxy) is 1. The highest BCUT2D eigenvalue weighted by Crippen LogP contribution is 2.27. The minimum atomic E-state index is -0.352. The van der Waals surface area contributed by atoms with Gasteiger partial charge >= 0.3 is 0 Å². The molecule has 1 aromatic carbocycles. The number of benzene rings is 1. The normalized spacial score (nSPS) is 21.3. The van der Waals surface area contributed by atoms with Crippen molar-refractivity contribution in [3.8, 4) is 5.75 Å². The van der Waals surface area contributed by atoms with Crippen molar-refractivity contribution in [3.05, 3.63) is 29.8 Å². The largest absolute Gasteiger partial charge is 0.484 e. The molecule has 2 aliphatic rings. The zero-order chi connectivity index (χ0) is 16.9. The molecular formula is C17H21N3O4. The van der Waals surface area contributed by atoms with Crippen LogP contribution in [0, 0.1) is 0 Å². The Morgan fingerprint density at radius 3 is 2.79 bits per heavy atom. The van der Waals surface area contributed by atoms with E-state index >= 15 is 0 Å². The number of carbonyl (C=O) groups excluding carboxylic acids is 3. The smallest absolute Gasteiger partial charge is 0.260 e. The van der Waals surface area contributed by atoms with E-state index in [1.807, 2.05) is 6.07 Å². The summed E-state index contributed by atoms with van der Waals surface area (Å²) in [6.45, 7) is 2.98. The Bertz CT molecular complexity index is 640. The maximum atomic E-state index is 12.1. The fraction of sp³-hybridized carbons (Fsp3) is 0.471. The summed E-state index contributed by atoms with van der Waals surface area (Å²) < 4.78 is 5.60. The number of carbonyl (C=O) groups is 3. The number of rotatable bonds is 4. The monoisotopic (exact) mass is 331 g/mol. The topological polar surface area (TPSA) is 87.7 Å². The van der Waals surface area contributed by atoms with E-state index in [-0.39, 0.29) is 30.2 Å². The third-order valence-corrected chi connectivity index (χ3v) is 4.33. The summed E-state index contributed by atoms with van der Waals surface area (Å²) in [4.78, 5) is 37.1. The average molecular weight is 331 g/mol. The molecular weight excluding hydrogens is 310 g/mol.